The molecule has 0 saturated heterocycles. The molecule has 0 spiro atoms. The molecule has 0 heterocycles. The van der Waals surface area contributed by atoms with Crippen molar-refractivity contribution in [1.82, 2.24) is 0 Å². The molecule has 7 heteroatoms. The van der Waals surface area contributed by atoms with Gasteiger partial charge in [0, 0.05) is 9.50 Å². The number of amides is 1. The van der Waals surface area contributed by atoms with E-state index in [0.717, 1.165) is 0 Å². The molecule has 0 aliphatic carbocycles. The third-order valence-corrected chi connectivity index (χ3v) is 3.31. The molecule has 5 nitrogen and oxygen atoms in total. The highest BCUT2D eigenvalue weighted by Gasteiger charge is 2.21. The van der Waals surface area contributed by atoms with Crippen molar-refractivity contribution in [1.29, 1.82) is 0 Å². The number of anilines is 1. The molecule has 4 N–H and O–H groups in total. The predicted molar refractivity (Wildman–Crippen MR) is 75.0 cm³/mol. The monoisotopic (exact) mass is 333 g/mol. The van der Waals surface area contributed by atoms with Crippen LogP contribution in [-0.4, -0.2) is 17.0 Å². The number of hydrogen-bond donors (Lipinski definition) is 3. The van der Waals surface area contributed by atoms with Gasteiger partial charge in [0.15, 0.2) is 5.84 Å². The molecule has 0 aromatic heterocycles. The number of amidine groups is 1. The summed E-state index contributed by atoms with van der Waals surface area (Å²) in [6, 6.07) is 5.03. The number of nitrogens with two attached hydrogens (primary N) is 1. The Morgan fingerprint density at radius 2 is 2.33 bits per heavy atom. The Labute approximate surface area is 118 Å². The number of nitrogens with zero attached hydrogens (tertiary/aromatic N) is 1. The van der Waals surface area contributed by atoms with Crippen LogP contribution in [0.25, 0.3) is 0 Å². The van der Waals surface area contributed by atoms with Crippen LogP contribution in [0.2, 0.25) is 5.02 Å². The molecule has 0 fully saturated rings. The van der Waals surface area contributed by atoms with Crippen molar-refractivity contribution in [2.24, 2.45) is 16.8 Å². The van der Waals surface area contributed by atoms with Gasteiger partial charge in [-0.1, -0.05) is 23.7 Å². The fourth-order valence-electron chi connectivity index (χ4n) is 1.41. The molecular formula is C11H13BrClN3O2. The number of oxime groups is 1. The van der Waals surface area contributed by atoms with E-state index in [1.165, 1.54) is 0 Å². The summed E-state index contributed by atoms with van der Waals surface area (Å²) in [5.74, 6) is -1.15. The number of nitrogens with one attached hydrogen (secondary N) is 1. The van der Waals surface area contributed by atoms with E-state index in [-0.39, 0.29) is 11.7 Å². The Morgan fingerprint density at radius 3 is 2.89 bits per heavy atom. The first-order valence-corrected chi connectivity index (χ1v) is 6.40. The van der Waals surface area contributed by atoms with Crippen molar-refractivity contribution in [2.45, 2.75) is 13.3 Å². The van der Waals surface area contributed by atoms with Crippen LogP contribution in [0.5, 0.6) is 0 Å². The van der Waals surface area contributed by atoms with E-state index >= 15 is 0 Å². The van der Waals surface area contributed by atoms with Crippen LogP contribution in [-0.2, 0) is 4.79 Å². The lowest BCUT2D eigenvalue weighted by Gasteiger charge is -2.14. The lowest BCUT2D eigenvalue weighted by atomic mass is 10.0. The second-order valence-electron chi connectivity index (χ2n) is 3.60. The molecule has 98 valence electrons. The number of hydrogen-bond acceptors (Lipinski definition) is 3. The summed E-state index contributed by atoms with van der Waals surface area (Å²) in [5.41, 5.74) is 5.99. The van der Waals surface area contributed by atoms with Gasteiger partial charge in [-0.25, -0.2) is 0 Å². The Hall–Kier alpha value is -1.27. The first kappa shape index (κ1) is 14.8. The smallest absolute Gasteiger partial charge is 0.235 e. The van der Waals surface area contributed by atoms with E-state index in [4.69, 9.17) is 22.5 Å². The molecule has 1 aromatic rings. The number of benzene rings is 1. The van der Waals surface area contributed by atoms with Crippen molar-refractivity contribution in [3.8, 4) is 0 Å². The van der Waals surface area contributed by atoms with Crippen molar-refractivity contribution >= 4 is 45.0 Å². The van der Waals surface area contributed by atoms with Crippen LogP contribution in [0.15, 0.2) is 27.8 Å². The van der Waals surface area contributed by atoms with E-state index in [0.29, 0.717) is 21.6 Å². The van der Waals surface area contributed by atoms with Crippen molar-refractivity contribution in [2.75, 3.05) is 5.32 Å². The summed E-state index contributed by atoms with van der Waals surface area (Å²) in [4.78, 5) is 12.0. The summed E-state index contributed by atoms with van der Waals surface area (Å²) in [6.45, 7) is 1.77. The van der Waals surface area contributed by atoms with Gasteiger partial charge in [-0.3, -0.25) is 4.79 Å². The van der Waals surface area contributed by atoms with Gasteiger partial charge >= 0.3 is 0 Å². The molecular weight excluding hydrogens is 321 g/mol. The third kappa shape index (κ3) is 3.61. The van der Waals surface area contributed by atoms with Crippen molar-refractivity contribution < 1.29 is 10.0 Å². The molecule has 0 bridgehead atoms. The molecule has 18 heavy (non-hydrogen) atoms. The first-order valence-electron chi connectivity index (χ1n) is 5.23. The Kier molecular flexibility index (Phi) is 5.43. The Bertz CT molecular complexity index is 479. The zero-order valence-electron chi connectivity index (χ0n) is 9.65. The number of carbonyl (C=O) groups is 1. The predicted octanol–water partition coefficient (Wildman–Crippen LogP) is 2.81. The van der Waals surface area contributed by atoms with E-state index in [2.05, 4.69) is 26.4 Å². The molecule has 0 aliphatic heterocycles. The van der Waals surface area contributed by atoms with Crippen molar-refractivity contribution in [3.05, 3.63) is 27.7 Å². The zero-order chi connectivity index (χ0) is 13.7. The highest BCUT2D eigenvalue weighted by atomic mass is 79.9. The molecule has 1 atom stereocenters. The van der Waals surface area contributed by atoms with Gasteiger partial charge in [0.25, 0.3) is 0 Å². The van der Waals surface area contributed by atoms with E-state index in [9.17, 15) is 4.79 Å². The maximum Gasteiger partial charge on any atom is 0.235 e. The van der Waals surface area contributed by atoms with Crippen LogP contribution < -0.4 is 11.1 Å². The standard InChI is InChI=1S/C11H13BrClN3O2/c1-2-7(10(14)16-18)11(17)15-9-5-6(13)3-4-8(9)12/h3-5,7,18H,2H2,1H3,(H2,14,16)(H,15,17). The summed E-state index contributed by atoms with van der Waals surface area (Å²) in [5, 5.41) is 14.6. The van der Waals surface area contributed by atoms with Gasteiger partial charge in [0.1, 0.15) is 0 Å². The summed E-state index contributed by atoms with van der Waals surface area (Å²) >= 11 is 9.14. The van der Waals surface area contributed by atoms with Crippen LogP contribution >= 0.6 is 27.5 Å². The highest BCUT2D eigenvalue weighted by molar-refractivity contribution is 9.10. The van der Waals surface area contributed by atoms with E-state index < -0.39 is 5.92 Å². The van der Waals surface area contributed by atoms with E-state index in [1.54, 1.807) is 25.1 Å². The lowest BCUT2D eigenvalue weighted by Crippen LogP contribution is -2.34. The fourth-order valence-corrected chi connectivity index (χ4v) is 1.93. The number of halogens is 2. The summed E-state index contributed by atoms with van der Waals surface area (Å²) < 4.78 is 0.703. The molecule has 0 radical (unpaired) electrons. The average Bonchev–Trinajstić information content (AvgIpc) is 2.34. The minimum atomic E-state index is -0.680. The number of rotatable bonds is 4. The van der Waals surface area contributed by atoms with Gasteiger partial charge in [0.05, 0.1) is 11.6 Å². The second kappa shape index (κ2) is 6.61. The molecule has 1 rings (SSSR count). The SMILES string of the molecule is CCC(C(=O)Nc1cc(Cl)ccc1Br)/C(N)=N/O. The van der Waals surface area contributed by atoms with Gasteiger partial charge in [0.2, 0.25) is 5.91 Å². The second-order valence-corrected chi connectivity index (χ2v) is 4.89. The number of carbonyl (C=O) groups excluding carboxylic acids is 1. The zero-order valence-corrected chi connectivity index (χ0v) is 12.0. The minimum Gasteiger partial charge on any atom is -0.409 e. The maximum atomic E-state index is 12.0. The molecule has 1 aromatic carbocycles. The topological polar surface area (TPSA) is 87.7 Å². The van der Waals surface area contributed by atoms with Gasteiger partial charge in [-0.05, 0) is 40.5 Å². The highest BCUT2D eigenvalue weighted by Crippen LogP contribution is 2.26. The molecule has 0 saturated carbocycles. The maximum absolute atomic E-state index is 12.0. The van der Waals surface area contributed by atoms with Crippen LogP contribution in [0.4, 0.5) is 5.69 Å². The fraction of sp³-hybridized carbons (Fsp3) is 0.273. The normalized spacial score (nSPS) is 13.2. The lowest BCUT2D eigenvalue weighted by molar-refractivity contribution is -0.118. The van der Waals surface area contributed by atoms with Crippen LogP contribution in [0.3, 0.4) is 0 Å². The minimum absolute atomic E-state index is 0.117. The average molecular weight is 335 g/mol. The van der Waals surface area contributed by atoms with Crippen LogP contribution in [0.1, 0.15) is 13.3 Å². The molecule has 0 aliphatic rings. The first-order chi connectivity index (χ1) is 8.49. The van der Waals surface area contributed by atoms with Gasteiger partial charge in [-0.2, -0.15) is 0 Å². The molecule has 1 unspecified atom stereocenters. The summed E-state index contributed by atoms with van der Waals surface area (Å²) in [7, 11) is 0. The van der Waals surface area contributed by atoms with Gasteiger partial charge in [-0.15, -0.1) is 0 Å². The third-order valence-electron chi connectivity index (χ3n) is 2.38. The van der Waals surface area contributed by atoms with Crippen LogP contribution in [0, 0.1) is 5.92 Å². The van der Waals surface area contributed by atoms with Crippen molar-refractivity contribution in [3.63, 3.8) is 0 Å². The largest absolute Gasteiger partial charge is 0.409 e. The molecule has 1 amide bonds. The van der Waals surface area contributed by atoms with Gasteiger partial charge < -0.3 is 16.3 Å². The quantitative estimate of drug-likeness (QED) is 0.342. The Balaban J connectivity index is 2.89. The van der Waals surface area contributed by atoms with E-state index in [1.807, 2.05) is 0 Å². The Morgan fingerprint density at radius 1 is 1.67 bits per heavy atom. The summed E-state index contributed by atoms with van der Waals surface area (Å²) in [6.07, 6.45) is 0.430.